The zero-order valence-electron chi connectivity index (χ0n) is 8.51. The maximum Gasteiger partial charge on any atom is 0.153 e. The second kappa shape index (κ2) is 4.65. The number of aryl methyl sites for hydroxylation is 1. The molecule has 0 N–H and O–H groups in total. The summed E-state index contributed by atoms with van der Waals surface area (Å²) in [5.74, 6) is 0. The summed E-state index contributed by atoms with van der Waals surface area (Å²) >= 11 is 0. The molecule has 5 heteroatoms. The van der Waals surface area contributed by atoms with Crippen LogP contribution in [0.2, 0.25) is 0 Å². The Balaban J connectivity index is 2.43. The van der Waals surface area contributed by atoms with Gasteiger partial charge in [0, 0.05) is 24.2 Å². The highest BCUT2D eigenvalue weighted by Gasteiger charge is 2.10. The molecule has 0 unspecified atom stereocenters. The van der Waals surface area contributed by atoms with Crippen LogP contribution in [-0.4, -0.2) is 27.7 Å². The third-order valence-electron chi connectivity index (χ3n) is 2.17. The minimum absolute atomic E-state index is 0.154. The van der Waals surface area contributed by atoms with Crippen molar-refractivity contribution in [1.82, 2.24) is 14.8 Å². The third kappa shape index (κ3) is 1.98. The minimum atomic E-state index is -0.507. The normalized spacial score (nSPS) is 10.3. The second-order valence-corrected chi connectivity index (χ2v) is 3.24. The number of rotatable bonds is 4. The van der Waals surface area contributed by atoms with E-state index in [9.17, 15) is 9.18 Å². The molecule has 0 fully saturated rings. The Morgan fingerprint density at radius 3 is 3.00 bits per heavy atom. The summed E-state index contributed by atoms with van der Waals surface area (Å²) in [5.41, 5.74) is 1.74. The fourth-order valence-electron chi connectivity index (χ4n) is 1.45. The third-order valence-corrected chi connectivity index (χ3v) is 2.17. The average Bonchev–Trinajstić information content (AvgIpc) is 2.74. The maximum absolute atomic E-state index is 12.2. The topological polar surface area (TPSA) is 47.8 Å². The molecule has 2 aromatic heterocycles. The molecule has 0 amide bonds. The lowest BCUT2D eigenvalue weighted by molar-refractivity contribution is 0.112. The van der Waals surface area contributed by atoms with Crippen molar-refractivity contribution in [1.29, 1.82) is 0 Å². The zero-order chi connectivity index (χ0) is 11.4. The van der Waals surface area contributed by atoms with E-state index in [4.69, 9.17) is 0 Å². The summed E-state index contributed by atoms with van der Waals surface area (Å²) in [4.78, 5) is 14.8. The van der Waals surface area contributed by atoms with Crippen molar-refractivity contribution in [2.24, 2.45) is 0 Å². The van der Waals surface area contributed by atoms with Crippen LogP contribution >= 0.6 is 0 Å². The van der Waals surface area contributed by atoms with Gasteiger partial charge in [0.25, 0.3) is 0 Å². The van der Waals surface area contributed by atoms with Crippen LogP contribution in [0.3, 0.4) is 0 Å². The molecule has 0 saturated heterocycles. The van der Waals surface area contributed by atoms with E-state index < -0.39 is 6.67 Å². The highest BCUT2D eigenvalue weighted by Crippen LogP contribution is 2.19. The summed E-state index contributed by atoms with van der Waals surface area (Å²) in [6.07, 6.45) is 5.51. The number of hydrogen-bond acceptors (Lipinski definition) is 3. The largest absolute Gasteiger partial charge is 0.298 e. The first kappa shape index (κ1) is 10.5. The molecule has 0 aliphatic rings. The van der Waals surface area contributed by atoms with E-state index in [0.717, 1.165) is 5.56 Å². The lowest BCUT2D eigenvalue weighted by Gasteiger charge is -1.96. The highest BCUT2D eigenvalue weighted by atomic mass is 19.1. The first-order chi connectivity index (χ1) is 7.85. The number of carbonyl (C=O) groups is 1. The lowest BCUT2D eigenvalue weighted by atomic mass is 10.1. The number of alkyl halides is 1. The monoisotopic (exact) mass is 219 g/mol. The van der Waals surface area contributed by atoms with Gasteiger partial charge in [-0.25, -0.2) is 4.39 Å². The molecule has 0 saturated carbocycles. The molecule has 0 spiro atoms. The fraction of sp³-hybridized carbons (Fsp3) is 0.182. The summed E-state index contributed by atoms with van der Waals surface area (Å²) in [6.45, 7) is -0.354. The van der Waals surface area contributed by atoms with Gasteiger partial charge in [0.2, 0.25) is 0 Å². The Kier molecular flexibility index (Phi) is 3.05. The number of carbonyl (C=O) groups excluding carboxylic acids is 1. The summed E-state index contributed by atoms with van der Waals surface area (Å²) < 4.78 is 13.6. The van der Waals surface area contributed by atoms with E-state index in [1.165, 1.54) is 10.9 Å². The van der Waals surface area contributed by atoms with Crippen molar-refractivity contribution in [3.05, 3.63) is 36.3 Å². The van der Waals surface area contributed by atoms with Crippen LogP contribution in [0.5, 0.6) is 0 Å². The van der Waals surface area contributed by atoms with E-state index in [1.54, 1.807) is 18.5 Å². The van der Waals surface area contributed by atoms with Gasteiger partial charge in [-0.3, -0.25) is 14.5 Å². The van der Waals surface area contributed by atoms with Crippen molar-refractivity contribution in [3.8, 4) is 11.3 Å². The van der Waals surface area contributed by atoms with Crippen molar-refractivity contribution >= 4 is 6.29 Å². The van der Waals surface area contributed by atoms with Gasteiger partial charge in [0.15, 0.2) is 6.29 Å². The molecule has 2 heterocycles. The van der Waals surface area contributed by atoms with Gasteiger partial charge in [-0.2, -0.15) is 5.10 Å². The second-order valence-electron chi connectivity index (χ2n) is 3.24. The molecular weight excluding hydrogens is 209 g/mol. The van der Waals surface area contributed by atoms with Gasteiger partial charge in [0.05, 0.1) is 12.1 Å². The quantitative estimate of drug-likeness (QED) is 0.736. The van der Waals surface area contributed by atoms with Gasteiger partial charge in [-0.1, -0.05) is 0 Å². The first-order valence-corrected chi connectivity index (χ1v) is 4.84. The van der Waals surface area contributed by atoms with E-state index in [-0.39, 0.29) is 6.54 Å². The molecule has 16 heavy (non-hydrogen) atoms. The Morgan fingerprint density at radius 1 is 1.50 bits per heavy atom. The van der Waals surface area contributed by atoms with E-state index in [0.29, 0.717) is 17.5 Å². The van der Waals surface area contributed by atoms with E-state index in [2.05, 4.69) is 10.1 Å². The van der Waals surface area contributed by atoms with Crippen LogP contribution in [0.4, 0.5) is 4.39 Å². The van der Waals surface area contributed by atoms with Crippen LogP contribution in [0.15, 0.2) is 30.7 Å². The predicted octanol–water partition coefficient (Wildman–Crippen LogP) is 1.73. The van der Waals surface area contributed by atoms with Crippen molar-refractivity contribution in [2.45, 2.75) is 6.54 Å². The van der Waals surface area contributed by atoms with Crippen molar-refractivity contribution in [2.75, 3.05) is 6.67 Å². The summed E-state index contributed by atoms with van der Waals surface area (Å²) in [7, 11) is 0. The highest BCUT2D eigenvalue weighted by molar-refractivity contribution is 5.85. The SMILES string of the molecule is O=Cc1cn(CCF)nc1-c1cccnc1. The van der Waals surface area contributed by atoms with Crippen LogP contribution in [0, 0.1) is 0 Å². The van der Waals surface area contributed by atoms with Crippen LogP contribution in [0.25, 0.3) is 11.3 Å². The van der Waals surface area contributed by atoms with E-state index in [1.807, 2.05) is 6.07 Å². The number of nitrogens with zero attached hydrogens (tertiary/aromatic N) is 3. The van der Waals surface area contributed by atoms with Crippen LogP contribution in [0.1, 0.15) is 10.4 Å². The van der Waals surface area contributed by atoms with Crippen LogP contribution < -0.4 is 0 Å². The van der Waals surface area contributed by atoms with Gasteiger partial charge < -0.3 is 0 Å². The molecule has 2 aromatic rings. The number of hydrogen-bond donors (Lipinski definition) is 0. The van der Waals surface area contributed by atoms with Crippen molar-refractivity contribution in [3.63, 3.8) is 0 Å². The van der Waals surface area contributed by atoms with Crippen LogP contribution in [-0.2, 0) is 6.54 Å². The molecular formula is C11H10FN3O. The smallest absolute Gasteiger partial charge is 0.153 e. The zero-order valence-corrected chi connectivity index (χ0v) is 8.51. The average molecular weight is 219 g/mol. The molecule has 0 bridgehead atoms. The van der Waals surface area contributed by atoms with E-state index >= 15 is 0 Å². The molecule has 0 aromatic carbocycles. The maximum atomic E-state index is 12.2. The Morgan fingerprint density at radius 2 is 2.38 bits per heavy atom. The molecule has 4 nitrogen and oxygen atoms in total. The molecule has 0 atom stereocenters. The molecule has 0 aliphatic heterocycles. The van der Waals surface area contributed by atoms with Gasteiger partial charge in [0.1, 0.15) is 12.4 Å². The minimum Gasteiger partial charge on any atom is -0.298 e. The number of pyridine rings is 1. The lowest BCUT2D eigenvalue weighted by Crippen LogP contribution is -1.99. The summed E-state index contributed by atoms with van der Waals surface area (Å²) in [5, 5.41) is 4.15. The number of aromatic nitrogens is 3. The van der Waals surface area contributed by atoms with Gasteiger partial charge in [-0.15, -0.1) is 0 Å². The number of aldehydes is 1. The van der Waals surface area contributed by atoms with Gasteiger partial charge in [-0.05, 0) is 12.1 Å². The van der Waals surface area contributed by atoms with Gasteiger partial charge >= 0.3 is 0 Å². The first-order valence-electron chi connectivity index (χ1n) is 4.84. The standard InChI is InChI=1S/C11H10FN3O/c12-3-5-15-7-10(8-16)11(14-15)9-2-1-4-13-6-9/h1-2,4,6-8H,3,5H2. The molecule has 0 radical (unpaired) electrons. The Labute approximate surface area is 91.7 Å². The Bertz CT molecular complexity index is 481. The van der Waals surface area contributed by atoms with Crippen molar-refractivity contribution < 1.29 is 9.18 Å². The molecule has 2 rings (SSSR count). The Hall–Kier alpha value is -2.04. The number of halogens is 1. The molecule has 0 aliphatic carbocycles. The molecule has 82 valence electrons. The predicted molar refractivity (Wildman–Crippen MR) is 56.8 cm³/mol. The summed E-state index contributed by atoms with van der Waals surface area (Å²) in [6, 6.07) is 3.57. The fourth-order valence-corrected chi connectivity index (χ4v) is 1.45.